The van der Waals surface area contributed by atoms with Gasteiger partial charge in [0.1, 0.15) is 5.82 Å². The van der Waals surface area contributed by atoms with E-state index in [2.05, 4.69) is 13.8 Å². The number of hydrogen-bond acceptors (Lipinski definition) is 3. The molecule has 1 amide bonds. The van der Waals surface area contributed by atoms with Crippen LogP contribution in [0.4, 0.5) is 4.39 Å². The van der Waals surface area contributed by atoms with Gasteiger partial charge in [-0.3, -0.25) is 9.69 Å². The summed E-state index contributed by atoms with van der Waals surface area (Å²) in [4.78, 5) is 13.2. The Bertz CT molecular complexity index is 431. The average Bonchev–Trinajstić information content (AvgIpc) is 2.29. The van der Waals surface area contributed by atoms with Crippen LogP contribution in [0.2, 0.25) is 0 Å². The van der Waals surface area contributed by atoms with Gasteiger partial charge < -0.3 is 11.5 Å². The predicted octanol–water partition coefficient (Wildman–Crippen LogP) is 1.66. The van der Waals surface area contributed by atoms with Gasteiger partial charge in [0.05, 0.1) is 12.6 Å². The number of primary amides is 1. The second kappa shape index (κ2) is 7.36. The molecule has 0 aliphatic rings. The third kappa shape index (κ3) is 4.90. The summed E-state index contributed by atoms with van der Waals surface area (Å²) in [5.74, 6) is -0.308. The Morgan fingerprint density at radius 2 is 1.80 bits per heavy atom. The molecular weight excluding hydrogens is 257 g/mol. The molecule has 0 aliphatic heterocycles. The van der Waals surface area contributed by atoms with Gasteiger partial charge in [-0.25, -0.2) is 4.39 Å². The first-order chi connectivity index (χ1) is 9.31. The molecule has 0 heterocycles. The molecule has 1 aromatic carbocycles. The number of halogens is 1. The van der Waals surface area contributed by atoms with Crippen molar-refractivity contribution < 1.29 is 9.18 Å². The van der Waals surface area contributed by atoms with E-state index >= 15 is 0 Å². The van der Waals surface area contributed by atoms with Gasteiger partial charge in [-0.05, 0) is 30.5 Å². The highest BCUT2D eigenvalue weighted by atomic mass is 19.1. The Balaban J connectivity index is 3.06. The molecule has 5 heteroatoms. The van der Waals surface area contributed by atoms with E-state index in [0.717, 1.165) is 5.56 Å². The van der Waals surface area contributed by atoms with Crippen LogP contribution < -0.4 is 11.5 Å². The molecule has 0 saturated carbocycles. The Morgan fingerprint density at radius 3 is 2.20 bits per heavy atom. The predicted molar refractivity (Wildman–Crippen MR) is 78.4 cm³/mol. The van der Waals surface area contributed by atoms with Gasteiger partial charge in [0.2, 0.25) is 5.91 Å². The summed E-state index contributed by atoms with van der Waals surface area (Å²) in [6, 6.07) is 5.87. The molecular formula is C15H24FN3O. The maximum Gasteiger partial charge on any atom is 0.231 e. The minimum Gasteiger partial charge on any atom is -0.369 e. The van der Waals surface area contributed by atoms with Crippen LogP contribution in [0, 0.1) is 11.7 Å². The quantitative estimate of drug-likeness (QED) is 0.798. The summed E-state index contributed by atoms with van der Waals surface area (Å²) in [7, 11) is 0. The Morgan fingerprint density at radius 1 is 1.25 bits per heavy atom. The zero-order valence-corrected chi connectivity index (χ0v) is 12.3. The maximum atomic E-state index is 13.1. The van der Waals surface area contributed by atoms with Crippen molar-refractivity contribution in [3.8, 4) is 0 Å². The van der Waals surface area contributed by atoms with Crippen LogP contribution in [0.3, 0.4) is 0 Å². The Hall–Kier alpha value is -1.46. The Labute approximate surface area is 119 Å². The molecule has 0 radical (unpaired) electrons. The molecule has 0 bridgehead atoms. The molecule has 0 saturated heterocycles. The maximum absolute atomic E-state index is 13.1. The van der Waals surface area contributed by atoms with Crippen LogP contribution in [0.15, 0.2) is 24.3 Å². The van der Waals surface area contributed by atoms with Crippen molar-refractivity contribution in [1.29, 1.82) is 0 Å². The fraction of sp³-hybridized carbons (Fsp3) is 0.533. The highest BCUT2D eigenvalue weighted by Crippen LogP contribution is 2.24. The second-order valence-electron chi connectivity index (χ2n) is 5.65. The van der Waals surface area contributed by atoms with E-state index < -0.39 is 5.91 Å². The van der Waals surface area contributed by atoms with Crippen molar-refractivity contribution in [2.24, 2.45) is 17.4 Å². The second-order valence-corrected chi connectivity index (χ2v) is 5.65. The summed E-state index contributed by atoms with van der Waals surface area (Å²) >= 11 is 0. The van der Waals surface area contributed by atoms with Crippen molar-refractivity contribution in [3.05, 3.63) is 35.6 Å². The van der Waals surface area contributed by atoms with Crippen LogP contribution in [0.1, 0.15) is 32.4 Å². The number of benzene rings is 1. The van der Waals surface area contributed by atoms with Crippen LogP contribution in [0.25, 0.3) is 0 Å². The minimum absolute atomic E-state index is 0.141. The number of carbonyl (C=O) groups is 1. The first-order valence-electron chi connectivity index (χ1n) is 6.84. The normalized spacial score (nSPS) is 14.6. The summed E-state index contributed by atoms with van der Waals surface area (Å²) in [5, 5.41) is 0. The molecule has 2 unspecified atom stereocenters. The molecule has 1 rings (SSSR count). The molecule has 1 aromatic rings. The van der Waals surface area contributed by atoms with Crippen molar-refractivity contribution in [2.75, 3.05) is 13.1 Å². The summed E-state index contributed by atoms with van der Waals surface area (Å²) in [5.41, 5.74) is 12.3. The molecule has 2 atom stereocenters. The van der Waals surface area contributed by atoms with Gasteiger partial charge in [-0.15, -0.1) is 0 Å². The number of rotatable bonds is 7. The van der Waals surface area contributed by atoms with Crippen molar-refractivity contribution in [2.45, 2.75) is 32.9 Å². The van der Waals surface area contributed by atoms with Gasteiger partial charge in [-0.1, -0.05) is 26.0 Å². The van der Waals surface area contributed by atoms with Gasteiger partial charge in [0, 0.05) is 12.6 Å². The number of nitrogens with zero attached hydrogens (tertiary/aromatic N) is 1. The molecule has 4 nitrogen and oxygen atoms in total. The highest BCUT2D eigenvalue weighted by molar-refractivity contribution is 5.76. The van der Waals surface area contributed by atoms with Crippen molar-refractivity contribution in [3.63, 3.8) is 0 Å². The van der Waals surface area contributed by atoms with E-state index in [-0.39, 0.29) is 24.4 Å². The lowest BCUT2D eigenvalue weighted by molar-refractivity contribution is -0.120. The zero-order valence-electron chi connectivity index (χ0n) is 12.3. The van der Waals surface area contributed by atoms with Crippen LogP contribution in [-0.2, 0) is 4.79 Å². The van der Waals surface area contributed by atoms with E-state index in [1.165, 1.54) is 12.1 Å². The number of amides is 1. The fourth-order valence-electron chi connectivity index (χ4n) is 2.45. The SMILES string of the molecule is CC(C)CN(CC(N)=O)C(c1ccc(F)cc1)C(C)N. The zero-order chi connectivity index (χ0) is 15.3. The van der Waals surface area contributed by atoms with E-state index in [0.29, 0.717) is 12.5 Å². The lowest BCUT2D eigenvalue weighted by Crippen LogP contribution is -2.45. The van der Waals surface area contributed by atoms with E-state index in [1.54, 1.807) is 12.1 Å². The largest absolute Gasteiger partial charge is 0.369 e. The first kappa shape index (κ1) is 16.6. The third-order valence-electron chi connectivity index (χ3n) is 3.06. The molecule has 20 heavy (non-hydrogen) atoms. The lowest BCUT2D eigenvalue weighted by Gasteiger charge is -2.35. The van der Waals surface area contributed by atoms with Crippen LogP contribution in [0.5, 0.6) is 0 Å². The molecule has 4 N–H and O–H groups in total. The van der Waals surface area contributed by atoms with Gasteiger partial charge >= 0.3 is 0 Å². The van der Waals surface area contributed by atoms with Gasteiger partial charge in [-0.2, -0.15) is 0 Å². The van der Waals surface area contributed by atoms with Gasteiger partial charge in [0.15, 0.2) is 0 Å². The van der Waals surface area contributed by atoms with Crippen LogP contribution in [-0.4, -0.2) is 29.9 Å². The van der Waals surface area contributed by atoms with Gasteiger partial charge in [0.25, 0.3) is 0 Å². The first-order valence-corrected chi connectivity index (χ1v) is 6.84. The topological polar surface area (TPSA) is 72.3 Å². The number of nitrogens with two attached hydrogens (primary N) is 2. The molecule has 0 aliphatic carbocycles. The summed E-state index contributed by atoms with van der Waals surface area (Å²) in [6.45, 7) is 6.85. The van der Waals surface area contributed by atoms with E-state index in [4.69, 9.17) is 11.5 Å². The average molecular weight is 281 g/mol. The minimum atomic E-state index is -0.390. The lowest BCUT2D eigenvalue weighted by atomic mass is 9.98. The Kier molecular flexibility index (Phi) is 6.10. The van der Waals surface area contributed by atoms with Crippen molar-refractivity contribution >= 4 is 5.91 Å². The monoisotopic (exact) mass is 281 g/mol. The van der Waals surface area contributed by atoms with Crippen molar-refractivity contribution in [1.82, 2.24) is 4.90 Å². The molecule has 0 spiro atoms. The highest BCUT2D eigenvalue weighted by Gasteiger charge is 2.25. The van der Waals surface area contributed by atoms with E-state index in [9.17, 15) is 9.18 Å². The molecule has 112 valence electrons. The number of hydrogen-bond donors (Lipinski definition) is 2. The summed E-state index contributed by atoms with van der Waals surface area (Å²) < 4.78 is 13.1. The molecule has 0 aromatic heterocycles. The van der Waals surface area contributed by atoms with Crippen LogP contribution >= 0.6 is 0 Å². The molecule has 0 fully saturated rings. The standard InChI is InChI=1S/C15H24FN3O/c1-10(2)8-19(9-14(18)20)15(11(3)17)12-4-6-13(16)7-5-12/h4-7,10-11,15H,8-9,17H2,1-3H3,(H2,18,20). The third-order valence-corrected chi connectivity index (χ3v) is 3.06. The van der Waals surface area contributed by atoms with E-state index in [1.807, 2.05) is 11.8 Å². The number of carbonyl (C=O) groups excluding carboxylic acids is 1. The summed E-state index contributed by atoms with van der Waals surface area (Å²) in [6.07, 6.45) is 0. The smallest absolute Gasteiger partial charge is 0.231 e. The fourth-order valence-corrected chi connectivity index (χ4v) is 2.45.